The van der Waals surface area contributed by atoms with Crippen molar-refractivity contribution < 1.29 is 24.0 Å². The topological polar surface area (TPSA) is 111 Å². The SMILES string of the molecule is COc1ccccc1C=C1SC(=S)N(NC(=O)COc2ccc([N+](=O)[O-])cc2)C1=O. The minimum absolute atomic E-state index is 0.0915. The Hall–Kier alpha value is -3.44. The Labute approximate surface area is 180 Å². The van der Waals surface area contributed by atoms with E-state index in [2.05, 4.69) is 5.43 Å². The smallest absolute Gasteiger partial charge is 0.285 e. The van der Waals surface area contributed by atoms with E-state index in [-0.39, 0.29) is 15.8 Å². The summed E-state index contributed by atoms with van der Waals surface area (Å²) < 4.78 is 10.7. The third kappa shape index (κ3) is 4.93. The van der Waals surface area contributed by atoms with E-state index in [4.69, 9.17) is 21.7 Å². The van der Waals surface area contributed by atoms with Gasteiger partial charge >= 0.3 is 0 Å². The number of amides is 2. The Morgan fingerprint density at radius 1 is 1.27 bits per heavy atom. The Bertz CT molecular complexity index is 1040. The number of carbonyl (C=O) groups is 2. The first-order chi connectivity index (χ1) is 14.4. The van der Waals surface area contributed by atoms with Crippen molar-refractivity contribution in [3.8, 4) is 11.5 Å². The fourth-order valence-electron chi connectivity index (χ4n) is 2.46. The Kier molecular flexibility index (Phi) is 6.65. The predicted octanol–water partition coefficient (Wildman–Crippen LogP) is 2.91. The number of ether oxygens (including phenoxy) is 2. The number of nitrogens with zero attached hydrogens (tertiary/aromatic N) is 2. The largest absolute Gasteiger partial charge is 0.496 e. The summed E-state index contributed by atoms with van der Waals surface area (Å²) in [7, 11) is 1.53. The van der Waals surface area contributed by atoms with Crippen LogP contribution in [-0.2, 0) is 9.59 Å². The molecule has 11 heteroatoms. The van der Waals surface area contributed by atoms with Crippen LogP contribution in [0.1, 0.15) is 5.56 Å². The van der Waals surface area contributed by atoms with Crippen LogP contribution >= 0.6 is 24.0 Å². The van der Waals surface area contributed by atoms with Gasteiger partial charge in [0.25, 0.3) is 17.5 Å². The van der Waals surface area contributed by atoms with Crippen LogP contribution in [0.25, 0.3) is 6.08 Å². The van der Waals surface area contributed by atoms with E-state index in [1.54, 1.807) is 18.2 Å². The molecular formula is C19H15N3O6S2. The minimum atomic E-state index is -0.608. The molecule has 154 valence electrons. The van der Waals surface area contributed by atoms with Gasteiger partial charge < -0.3 is 9.47 Å². The third-order valence-electron chi connectivity index (χ3n) is 3.87. The van der Waals surface area contributed by atoms with Crippen molar-refractivity contribution >= 4 is 51.9 Å². The maximum absolute atomic E-state index is 12.6. The molecule has 1 fully saturated rings. The highest BCUT2D eigenvalue weighted by atomic mass is 32.2. The maximum atomic E-state index is 12.6. The molecule has 0 atom stereocenters. The number of hydrogen-bond donors (Lipinski definition) is 1. The fraction of sp³-hybridized carbons (Fsp3) is 0.105. The zero-order chi connectivity index (χ0) is 21.7. The first kappa shape index (κ1) is 21.3. The number of non-ortho nitro benzene ring substituents is 1. The molecule has 0 radical (unpaired) electrons. The standard InChI is InChI=1S/C19H15N3O6S2/c1-27-15-5-3-2-4-12(15)10-16-18(24)21(19(29)30-16)20-17(23)11-28-14-8-6-13(7-9-14)22(25)26/h2-10H,11H2,1H3,(H,20,23). The van der Waals surface area contributed by atoms with Crippen LogP contribution in [0.5, 0.6) is 11.5 Å². The van der Waals surface area contributed by atoms with E-state index in [1.807, 2.05) is 12.1 Å². The van der Waals surface area contributed by atoms with Crippen molar-refractivity contribution in [3.05, 3.63) is 69.1 Å². The first-order valence-corrected chi connectivity index (χ1v) is 9.69. The van der Waals surface area contributed by atoms with Gasteiger partial charge in [-0.15, -0.1) is 0 Å². The molecule has 1 heterocycles. The molecule has 0 bridgehead atoms. The van der Waals surface area contributed by atoms with Crippen molar-refractivity contribution in [1.29, 1.82) is 0 Å². The number of para-hydroxylation sites is 1. The highest BCUT2D eigenvalue weighted by Crippen LogP contribution is 2.33. The normalized spacial score (nSPS) is 14.7. The number of nitrogens with one attached hydrogen (secondary N) is 1. The summed E-state index contributed by atoms with van der Waals surface area (Å²) in [5.74, 6) is -0.205. The lowest BCUT2D eigenvalue weighted by Crippen LogP contribution is -2.46. The number of methoxy groups -OCH3 is 1. The summed E-state index contributed by atoms with van der Waals surface area (Å²) in [5, 5.41) is 11.6. The van der Waals surface area contributed by atoms with Gasteiger partial charge in [-0.05, 0) is 36.5 Å². The second kappa shape index (κ2) is 9.37. The minimum Gasteiger partial charge on any atom is -0.496 e. The lowest BCUT2D eigenvalue weighted by molar-refractivity contribution is -0.384. The quantitative estimate of drug-likeness (QED) is 0.300. The second-order valence-electron chi connectivity index (χ2n) is 5.83. The Balaban J connectivity index is 1.61. The Morgan fingerprint density at radius 2 is 1.97 bits per heavy atom. The molecule has 0 aliphatic carbocycles. The second-order valence-corrected chi connectivity index (χ2v) is 7.51. The van der Waals surface area contributed by atoms with Crippen molar-refractivity contribution in [2.24, 2.45) is 0 Å². The molecule has 1 aliphatic rings. The molecule has 9 nitrogen and oxygen atoms in total. The van der Waals surface area contributed by atoms with Crippen LogP contribution in [-0.4, -0.2) is 39.8 Å². The monoisotopic (exact) mass is 445 g/mol. The van der Waals surface area contributed by atoms with Crippen LogP contribution in [0.2, 0.25) is 0 Å². The van der Waals surface area contributed by atoms with E-state index >= 15 is 0 Å². The van der Waals surface area contributed by atoms with Gasteiger partial charge in [0.2, 0.25) is 0 Å². The average molecular weight is 445 g/mol. The number of thioether (sulfide) groups is 1. The first-order valence-electron chi connectivity index (χ1n) is 8.46. The molecule has 0 unspecified atom stereocenters. The molecule has 0 aromatic heterocycles. The summed E-state index contributed by atoms with van der Waals surface area (Å²) >= 11 is 6.23. The summed E-state index contributed by atoms with van der Waals surface area (Å²) in [6, 6.07) is 12.5. The predicted molar refractivity (Wildman–Crippen MR) is 115 cm³/mol. The highest BCUT2D eigenvalue weighted by molar-refractivity contribution is 8.26. The number of hydrazine groups is 1. The molecule has 3 rings (SSSR count). The lowest BCUT2D eigenvalue weighted by atomic mass is 10.2. The number of hydrogen-bond acceptors (Lipinski definition) is 8. The van der Waals surface area contributed by atoms with Crippen molar-refractivity contribution in [2.45, 2.75) is 0 Å². The van der Waals surface area contributed by atoms with Gasteiger partial charge in [0.1, 0.15) is 11.5 Å². The molecule has 0 saturated carbocycles. The van der Waals surface area contributed by atoms with E-state index in [9.17, 15) is 19.7 Å². The molecule has 2 amide bonds. The van der Waals surface area contributed by atoms with Gasteiger partial charge in [-0.3, -0.25) is 25.1 Å². The Morgan fingerprint density at radius 3 is 2.63 bits per heavy atom. The maximum Gasteiger partial charge on any atom is 0.285 e. The summed E-state index contributed by atoms with van der Waals surface area (Å²) in [4.78, 5) is 35.2. The number of nitro benzene ring substituents is 1. The molecule has 2 aromatic carbocycles. The summed E-state index contributed by atoms with van der Waals surface area (Å²) in [6.07, 6.45) is 1.64. The van der Waals surface area contributed by atoms with Crippen molar-refractivity contribution in [1.82, 2.24) is 10.4 Å². The van der Waals surface area contributed by atoms with E-state index in [0.29, 0.717) is 16.2 Å². The van der Waals surface area contributed by atoms with Crippen LogP contribution in [0, 0.1) is 10.1 Å². The number of thiocarbonyl (C=S) groups is 1. The van der Waals surface area contributed by atoms with Gasteiger partial charge in [-0.2, -0.15) is 5.01 Å². The van der Waals surface area contributed by atoms with Gasteiger partial charge in [0.05, 0.1) is 16.9 Å². The van der Waals surface area contributed by atoms with Crippen LogP contribution in [0.4, 0.5) is 5.69 Å². The van der Waals surface area contributed by atoms with Gasteiger partial charge in [-0.1, -0.05) is 30.0 Å². The molecular weight excluding hydrogens is 430 g/mol. The molecule has 1 N–H and O–H groups in total. The highest BCUT2D eigenvalue weighted by Gasteiger charge is 2.33. The van der Waals surface area contributed by atoms with E-state index in [0.717, 1.165) is 16.8 Å². The van der Waals surface area contributed by atoms with Crippen LogP contribution < -0.4 is 14.9 Å². The fourth-order valence-corrected chi connectivity index (χ4v) is 3.63. The zero-order valence-corrected chi connectivity index (χ0v) is 17.2. The number of carbonyl (C=O) groups excluding carboxylic acids is 2. The van der Waals surface area contributed by atoms with Crippen molar-refractivity contribution in [3.63, 3.8) is 0 Å². The van der Waals surface area contributed by atoms with E-state index < -0.39 is 23.3 Å². The van der Waals surface area contributed by atoms with Crippen LogP contribution in [0.15, 0.2) is 53.4 Å². The van der Waals surface area contributed by atoms with Gasteiger partial charge in [-0.25, -0.2) is 0 Å². The number of benzene rings is 2. The van der Waals surface area contributed by atoms with Crippen LogP contribution in [0.3, 0.4) is 0 Å². The number of nitro groups is 1. The lowest BCUT2D eigenvalue weighted by Gasteiger charge is -2.15. The van der Waals surface area contributed by atoms with Gasteiger partial charge in [0.15, 0.2) is 10.9 Å². The summed E-state index contributed by atoms with van der Waals surface area (Å²) in [6.45, 7) is -0.402. The third-order valence-corrected chi connectivity index (χ3v) is 5.18. The molecule has 1 aliphatic heterocycles. The van der Waals surface area contributed by atoms with Gasteiger partial charge in [0, 0.05) is 17.7 Å². The molecule has 30 heavy (non-hydrogen) atoms. The molecule has 2 aromatic rings. The number of rotatable bonds is 7. The average Bonchev–Trinajstić information content (AvgIpc) is 3.00. The molecule has 1 saturated heterocycles. The van der Waals surface area contributed by atoms with Crippen molar-refractivity contribution in [2.75, 3.05) is 13.7 Å². The summed E-state index contributed by atoms with van der Waals surface area (Å²) in [5.41, 5.74) is 3.01. The van der Waals surface area contributed by atoms with E-state index in [1.165, 1.54) is 31.4 Å². The molecule has 0 spiro atoms. The zero-order valence-electron chi connectivity index (χ0n) is 15.6.